The average molecular weight is 423 g/mol. The van der Waals surface area contributed by atoms with Crippen molar-refractivity contribution in [1.29, 1.82) is 0 Å². The second-order valence-electron chi connectivity index (χ2n) is 8.71. The topological polar surface area (TPSA) is 89.5 Å². The SMILES string of the molecule is COCC1(c2nc3c(c(-c4ccncc4F)c2-c2nn[nH]n2)CCCCC3)CCCC1. The van der Waals surface area contributed by atoms with Crippen LogP contribution in [0, 0.1) is 5.82 Å². The number of aromatic nitrogens is 6. The summed E-state index contributed by atoms with van der Waals surface area (Å²) in [6.45, 7) is 0.571. The molecule has 3 aromatic rings. The second kappa shape index (κ2) is 8.42. The van der Waals surface area contributed by atoms with E-state index < -0.39 is 0 Å². The summed E-state index contributed by atoms with van der Waals surface area (Å²) in [4.78, 5) is 9.25. The number of nitrogens with zero attached hydrogens (tertiary/aromatic N) is 5. The van der Waals surface area contributed by atoms with Crippen LogP contribution in [0.3, 0.4) is 0 Å². The number of tetrazole rings is 1. The number of fused-ring (bicyclic) bond motifs is 1. The van der Waals surface area contributed by atoms with Crippen molar-refractivity contribution in [2.45, 2.75) is 63.2 Å². The lowest BCUT2D eigenvalue weighted by atomic mass is 9.77. The maximum Gasteiger partial charge on any atom is 0.207 e. The molecule has 2 aliphatic carbocycles. The first-order chi connectivity index (χ1) is 15.2. The summed E-state index contributed by atoms with van der Waals surface area (Å²) < 4.78 is 20.9. The molecule has 0 bridgehead atoms. The lowest BCUT2D eigenvalue weighted by Crippen LogP contribution is -2.31. The van der Waals surface area contributed by atoms with Crippen molar-refractivity contribution in [1.82, 2.24) is 30.6 Å². The van der Waals surface area contributed by atoms with Crippen LogP contribution in [-0.4, -0.2) is 44.3 Å². The number of rotatable bonds is 5. The van der Waals surface area contributed by atoms with Gasteiger partial charge in [-0.3, -0.25) is 9.97 Å². The Labute approximate surface area is 180 Å². The molecule has 1 saturated carbocycles. The summed E-state index contributed by atoms with van der Waals surface area (Å²) in [5.41, 5.74) is 5.06. The lowest BCUT2D eigenvalue weighted by molar-refractivity contribution is 0.129. The molecule has 3 heterocycles. The maximum absolute atomic E-state index is 15.1. The first-order valence-corrected chi connectivity index (χ1v) is 11.1. The Morgan fingerprint density at radius 1 is 1.10 bits per heavy atom. The van der Waals surface area contributed by atoms with Crippen LogP contribution in [0.25, 0.3) is 22.5 Å². The number of nitrogens with one attached hydrogen (secondary N) is 1. The van der Waals surface area contributed by atoms with Gasteiger partial charge in [-0.15, -0.1) is 10.2 Å². The van der Waals surface area contributed by atoms with Gasteiger partial charge in [0.05, 0.1) is 24.1 Å². The minimum absolute atomic E-state index is 0.232. The predicted molar refractivity (Wildman–Crippen MR) is 114 cm³/mol. The van der Waals surface area contributed by atoms with Gasteiger partial charge in [-0.1, -0.05) is 19.3 Å². The van der Waals surface area contributed by atoms with E-state index in [1.807, 2.05) is 0 Å². The average Bonchev–Trinajstić information content (AvgIpc) is 3.42. The molecule has 0 atom stereocenters. The summed E-state index contributed by atoms with van der Waals surface area (Å²) in [6.07, 6.45) is 12.2. The normalized spacial score (nSPS) is 18.0. The number of aromatic amines is 1. The highest BCUT2D eigenvalue weighted by atomic mass is 19.1. The van der Waals surface area contributed by atoms with Gasteiger partial charge < -0.3 is 4.74 Å². The van der Waals surface area contributed by atoms with Crippen molar-refractivity contribution >= 4 is 0 Å². The van der Waals surface area contributed by atoms with Crippen molar-refractivity contribution in [2.75, 3.05) is 13.7 Å². The zero-order valence-electron chi connectivity index (χ0n) is 17.8. The minimum atomic E-state index is -0.344. The van der Waals surface area contributed by atoms with Crippen LogP contribution in [0.5, 0.6) is 0 Å². The summed E-state index contributed by atoms with van der Waals surface area (Å²) in [7, 11) is 1.74. The van der Waals surface area contributed by atoms with Crippen molar-refractivity contribution in [3.63, 3.8) is 0 Å². The summed E-state index contributed by atoms with van der Waals surface area (Å²) in [5, 5.41) is 15.1. The van der Waals surface area contributed by atoms with Gasteiger partial charge in [0.2, 0.25) is 5.82 Å². The van der Waals surface area contributed by atoms with E-state index in [4.69, 9.17) is 9.72 Å². The van der Waals surface area contributed by atoms with Crippen LogP contribution in [0.2, 0.25) is 0 Å². The van der Waals surface area contributed by atoms with E-state index in [1.54, 1.807) is 19.4 Å². The molecule has 7 nitrogen and oxygen atoms in total. The number of hydrogen-bond acceptors (Lipinski definition) is 6. The van der Waals surface area contributed by atoms with Gasteiger partial charge in [0.25, 0.3) is 0 Å². The Kier molecular flexibility index (Phi) is 5.48. The van der Waals surface area contributed by atoms with E-state index in [0.29, 0.717) is 18.0 Å². The Morgan fingerprint density at radius 3 is 2.68 bits per heavy atom. The minimum Gasteiger partial charge on any atom is -0.384 e. The fourth-order valence-corrected chi connectivity index (χ4v) is 5.44. The number of ether oxygens (including phenoxy) is 1. The molecule has 0 aromatic carbocycles. The van der Waals surface area contributed by atoms with Crippen LogP contribution < -0.4 is 0 Å². The van der Waals surface area contributed by atoms with Crippen LogP contribution in [-0.2, 0) is 23.0 Å². The summed E-state index contributed by atoms with van der Waals surface area (Å²) >= 11 is 0. The van der Waals surface area contributed by atoms with Gasteiger partial charge in [0, 0.05) is 35.5 Å². The lowest BCUT2D eigenvalue weighted by Gasteiger charge is -2.32. The van der Waals surface area contributed by atoms with Gasteiger partial charge in [-0.2, -0.15) is 5.21 Å². The maximum atomic E-state index is 15.1. The molecular formula is C23H27FN6O. The fourth-order valence-electron chi connectivity index (χ4n) is 5.44. The van der Waals surface area contributed by atoms with Crippen LogP contribution in [0.1, 0.15) is 61.9 Å². The number of hydrogen-bond donors (Lipinski definition) is 1. The molecule has 3 aromatic heterocycles. The Morgan fingerprint density at radius 2 is 1.94 bits per heavy atom. The first-order valence-electron chi connectivity index (χ1n) is 11.1. The summed E-state index contributed by atoms with van der Waals surface area (Å²) in [6, 6.07) is 1.75. The third-order valence-electron chi connectivity index (χ3n) is 6.82. The van der Waals surface area contributed by atoms with Crippen molar-refractivity contribution < 1.29 is 9.13 Å². The molecule has 162 valence electrons. The summed E-state index contributed by atoms with van der Waals surface area (Å²) in [5.74, 6) is 0.117. The molecule has 1 N–H and O–H groups in total. The Hall–Kier alpha value is -2.74. The van der Waals surface area contributed by atoms with Crippen molar-refractivity contribution in [3.05, 3.63) is 41.2 Å². The third kappa shape index (κ3) is 3.52. The molecule has 0 saturated heterocycles. The van der Waals surface area contributed by atoms with Crippen LogP contribution in [0.4, 0.5) is 4.39 Å². The molecule has 0 amide bonds. The van der Waals surface area contributed by atoms with Gasteiger partial charge >= 0.3 is 0 Å². The monoisotopic (exact) mass is 422 g/mol. The molecule has 1 fully saturated rings. The zero-order valence-corrected chi connectivity index (χ0v) is 17.8. The number of pyridine rings is 2. The van der Waals surface area contributed by atoms with E-state index >= 15 is 4.39 Å². The number of halogens is 1. The molecule has 0 spiro atoms. The van der Waals surface area contributed by atoms with E-state index in [-0.39, 0.29) is 11.2 Å². The molecule has 0 aliphatic heterocycles. The molecule has 31 heavy (non-hydrogen) atoms. The van der Waals surface area contributed by atoms with Crippen LogP contribution >= 0.6 is 0 Å². The van der Waals surface area contributed by atoms with Gasteiger partial charge in [0.15, 0.2) is 0 Å². The quantitative estimate of drug-likeness (QED) is 0.620. The number of H-pyrrole nitrogens is 1. The number of aryl methyl sites for hydroxylation is 1. The molecular weight excluding hydrogens is 395 g/mol. The molecule has 2 aliphatic rings. The van der Waals surface area contributed by atoms with E-state index in [2.05, 4.69) is 25.6 Å². The highest BCUT2D eigenvalue weighted by Crippen LogP contribution is 2.48. The highest BCUT2D eigenvalue weighted by Gasteiger charge is 2.42. The standard InChI is InChI=1S/C23H27FN6O/c1-31-14-23(10-5-6-11-23)21-20(22-27-29-30-28-22)19(15-9-12-25-13-17(15)24)16-7-3-2-4-8-18(16)26-21/h9,12-13H,2-8,10-11,14H2,1H3,(H,27,28,29,30). The van der Waals surface area contributed by atoms with Crippen molar-refractivity contribution in [2.24, 2.45) is 0 Å². The molecule has 0 unspecified atom stereocenters. The zero-order chi connectivity index (χ0) is 21.3. The molecule has 8 heteroatoms. The molecule has 5 rings (SSSR count). The van der Waals surface area contributed by atoms with Gasteiger partial charge in [0.1, 0.15) is 5.82 Å². The van der Waals surface area contributed by atoms with Crippen LogP contribution in [0.15, 0.2) is 18.5 Å². The van der Waals surface area contributed by atoms with Gasteiger partial charge in [-0.05, 0) is 55.4 Å². The molecule has 0 radical (unpaired) electrons. The second-order valence-corrected chi connectivity index (χ2v) is 8.71. The fraction of sp³-hybridized carbons (Fsp3) is 0.522. The Balaban J connectivity index is 1.88. The first kappa shape index (κ1) is 20.2. The highest BCUT2D eigenvalue weighted by molar-refractivity contribution is 5.86. The van der Waals surface area contributed by atoms with E-state index in [9.17, 15) is 0 Å². The van der Waals surface area contributed by atoms with E-state index in [0.717, 1.165) is 85.9 Å². The Bertz CT molecular complexity index is 1060. The smallest absolute Gasteiger partial charge is 0.207 e. The van der Waals surface area contributed by atoms with Gasteiger partial charge in [-0.25, -0.2) is 4.39 Å². The third-order valence-corrected chi connectivity index (χ3v) is 6.82. The van der Waals surface area contributed by atoms with E-state index in [1.165, 1.54) is 6.20 Å². The predicted octanol–water partition coefficient (Wildman–Crippen LogP) is 4.19. The largest absolute Gasteiger partial charge is 0.384 e. The van der Waals surface area contributed by atoms with Crippen molar-refractivity contribution in [3.8, 4) is 22.5 Å². The number of methoxy groups -OCH3 is 1.